The van der Waals surface area contributed by atoms with E-state index in [0.29, 0.717) is 6.61 Å². The molecule has 0 aromatic carbocycles. The van der Waals surface area contributed by atoms with Crippen LogP contribution in [0.25, 0.3) is 0 Å². The normalized spacial score (nSPS) is 32.8. The van der Waals surface area contributed by atoms with Gasteiger partial charge in [-0.05, 0) is 6.42 Å². The van der Waals surface area contributed by atoms with Crippen LogP contribution in [0.2, 0.25) is 0 Å². The molecule has 1 aliphatic heterocycles. The summed E-state index contributed by atoms with van der Waals surface area (Å²) >= 11 is 0. The second-order valence-electron chi connectivity index (χ2n) is 4.46. The number of Topliss-reactive ketones (excluding diaryl/α,β-unsaturated/α-hetero) is 1. The molecule has 1 fully saturated rings. The standard InChI is InChI=1S/C12H22O6/c1-2-3-4-5-6-17-12-11(16)10(15)9(14)8(7-13)18-12/h8-10,12-15H,2-7H2,1H3/t8-,9-,10+,12?/m1/s1. The smallest absolute Gasteiger partial charge is 0.221 e. The zero-order chi connectivity index (χ0) is 13.5. The van der Waals surface area contributed by atoms with Crippen molar-refractivity contribution in [2.45, 2.75) is 57.2 Å². The van der Waals surface area contributed by atoms with Crippen molar-refractivity contribution >= 4 is 5.78 Å². The van der Waals surface area contributed by atoms with Crippen molar-refractivity contribution in [1.29, 1.82) is 0 Å². The molecule has 0 aromatic heterocycles. The van der Waals surface area contributed by atoms with Gasteiger partial charge in [0.2, 0.25) is 12.1 Å². The number of aliphatic hydroxyl groups excluding tert-OH is 3. The number of carbonyl (C=O) groups is 1. The van der Waals surface area contributed by atoms with Gasteiger partial charge in [0, 0.05) is 0 Å². The molecule has 6 heteroatoms. The lowest BCUT2D eigenvalue weighted by molar-refractivity contribution is -0.239. The number of carbonyl (C=O) groups excluding carboxylic acids is 1. The number of hydrogen-bond donors (Lipinski definition) is 3. The number of hydrogen-bond acceptors (Lipinski definition) is 6. The van der Waals surface area contributed by atoms with E-state index in [2.05, 4.69) is 6.92 Å². The van der Waals surface area contributed by atoms with Crippen LogP contribution >= 0.6 is 0 Å². The minimum Gasteiger partial charge on any atom is -0.394 e. The lowest BCUT2D eigenvalue weighted by atomic mass is 10.0. The topological polar surface area (TPSA) is 96.2 Å². The Balaban J connectivity index is 2.37. The maximum Gasteiger partial charge on any atom is 0.221 e. The fraction of sp³-hybridized carbons (Fsp3) is 0.917. The van der Waals surface area contributed by atoms with Gasteiger partial charge in [0.15, 0.2) is 0 Å². The Hall–Kier alpha value is -0.530. The van der Waals surface area contributed by atoms with Gasteiger partial charge in [-0.15, -0.1) is 0 Å². The molecule has 0 aromatic rings. The van der Waals surface area contributed by atoms with Crippen LogP contribution in [-0.2, 0) is 14.3 Å². The maximum atomic E-state index is 11.6. The van der Waals surface area contributed by atoms with Crippen LogP contribution < -0.4 is 0 Å². The molecule has 3 N–H and O–H groups in total. The largest absolute Gasteiger partial charge is 0.394 e. The summed E-state index contributed by atoms with van der Waals surface area (Å²) < 4.78 is 10.3. The summed E-state index contributed by atoms with van der Waals surface area (Å²) in [6, 6.07) is 0. The van der Waals surface area contributed by atoms with E-state index in [1.54, 1.807) is 0 Å². The molecule has 1 saturated heterocycles. The lowest BCUT2D eigenvalue weighted by Crippen LogP contribution is -2.56. The Morgan fingerprint density at radius 1 is 1.28 bits per heavy atom. The van der Waals surface area contributed by atoms with Crippen LogP contribution in [0.5, 0.6) is 0 Å². The van der Waals surface area contributed by atoms with E-state index in [0.717, 1.165) is 25.7 Å². The molecule has 106 valence electrons. The summed E-state index contributed by atoms with van der Waals surface area (Å²) in [5.74, 6) is -0.692. The predicted molar refractivity (Wildman–Crippen MR) is 62.9 cm³/mol. The summed E-state index contributed by atoms with van der Waals surface area (Å²) in [6.07, 6.45) is -1.12. The molecule has 1 unspecified atom stereocenters. The van der Waals surface area contributed by atoms with E-state index >= 15 is 0 Å². The highest BCUT2D eigenvalue weighted by Gasteiger charge is 2.43. The highest BCUT2D eigenvalue weighted by Crippen LogP contribution is 2.18. The van der Waals surface area contributed by atoms with Crippen LogP contribution in [0, 0.1) is 0 Å². The van der Waals surface area contributed by atoms with Crippen molar-refractivity contribution in [2.24, 2.45) is 0 Å². The van der Waals surface area contributed by atoms with Crippen LogP contribution in [0.4, 0.5) is 0 Å². The third-order valence-electron chi connectivity index (χ3n) is 2.97. The van der Waals surface area contributed by atoms with E-state index in [-0.39, 0.29) is 0 Å². The van der Waals surface area contributed by atoms with Crippen molar-refractivity contribution in [3.8, 4) is 0 Å². The molecular weight excluding hydrogens is 240 g/mol. The molecule has 1 rings (SSSR count). The Labute approximate surface area is 107 Å². The van der Waals surface area contributed by atoms with Gasteiger partial charge in [-0.25, -0.2) is 0 Å². The fourth-order valence-electron chi connectivity index (χ4n) is 1.81. The molecule has 18 heavy (non-hydrogen) atoms. The number of aliphatic hydroxyl groups is 3. The molecule has 0 bridgehead atoms. The third kappa shape index (κ3) is 4.00. The minimum atomic E-state index is -1.56. The van der Waals surface area contributed by atoms with Gasteiger partial charge in [-0.1, -0.05) is 26.2 Å². The van der Waals surface area contributed by atoms with Crippen molar-refractivity contribution < 1.29 is 29.6 Å². The number of rotatable bonds is 7. The van der Waals surface area contributed by atoms with Crippen molar-refractivity contribution in [3.63, 3.8) is 0 Å². The molecule has 0 saturated carbocycles. The molecule has 0 amide bonds. The van der Waals surface area contributed by atoms with Gasteiger partial charge < -0.3 is 24.8 Å². The molecule has 0 radical (unpaired) electrons. The van der Waals surface area contributed by atoms with Crippen LogP contribution in [0.15, 0.2) is 0 Å². The molecule has 1 aliphatic rings. The van der Waals surface area contributed by atoms with Gasteiger partial charge in [-0.3, -0.25) is 4.79 Å². The first kappa shape index (κ1) is 15.5. The Morgan fingerprint density at radius 2 is 2.00 bits per heavy atom. The Kier molecular flexibility index (Phi) is 6.73. The Morgan fingerprint density at radius 3 is 2.61 bits per heavy atom. The fourth-order valence-corrected chi connectivity index (χ4v) is 1.81. The summed E-state index contributed by atoms with van der Waals surface area (Å²) in [7, 11) is 0. The minimum absolute atomic E-state index is 0.359. The average Bonchev–Trinajstić information content (AvgIpc) is 2.38. The molecular formula is C12H22O6. The summed E-state index contributed by atoms with van der Waals surface area (Å²) in [5.41, 5.74) is 0. The second kappa shape index (κ2) is 7.81. The summed E-state index contributed by atoms with van der Waals surface area (Å²) in [4.78, 5) is 11.6. The quantitative estimate of drug-likeness (QED) is 0.540. The highest BCUT2D eigenvalue weighted by atomic mass is 16.7. The van der Waals surface area contributed by atoms with E-state index in [9.17, 15) is 15.0 Å². The Bertz CT molecular complexity index is 257. The molecule has 6 nitrogen and oxygen atoms in total. The number of ketones is 1. The number of ether oxygens (including phenoxy) is 2. The van der Waals surface area contributed by atoms with Gasteiger partial charge in [0.25, 0.3) is 0 Å². The van der Waals surface area contributed by atoms with E-state index < -0.39 is 37.0 Å². The van der Waals surface area contributed by atoms with E-state index in [1.165, 1.54) is 0 Å². The van der Waals surface area contributed by atoms with Gasteiger partial charge in [-0.2, -0.15) is 0 Å². The first-order valence-corrected chi connectivity index (χ1v) is 6.39. The van der Waals surface area contributed by atoms with Gasteiger partial charge >= 0.3 is 0 Å². The second-order valence-corrected chi connectivity index (χ2v) is 4.46. The molecule has 0 spiro atoms. The van der Waals surface area contributed by atoms with Crippen molar-refractivity contribution in [1.82, 2.24) is 0 Å². The third-order valence-corrected chi connectivity index (χ3v) is 2.97. The molecule has 1 heterocycles. The first-order valence-electron chi connectivity index (χ1n) is 6.39. The molecule has 4 atom stereocenters. The number of unbranched alkanes of at least 4 members (excludes halogenated alkanes) is 3. The highest BCUT2D eigenvalue weighted by molar-refractivity contribution is 5.87. The van der Waals surface area contributed by atoms with E-state index in [4.69, 9.17) is 14.6 Å². The van der Waals surface area contributed by atoms with Crippen LogP contribution in [-0.4, -0.2) is 58.9 Å². The first-order chi connectivity index (χ1) is 8.61. The van der Waals surface area contributed by atoms with Crippen molar-refractivity contribution in [3.05, 3.63) is 0 Å². The van der Waals surface area contributed by atoms with Crippen LogP contribution in [0.3, 0.4) is 0 Å². The zero-order valence-electron chi connectivity index (χ0n) is 10.6. The van der Waals surface area contributed by atoms with Crippen molar-refractivity contribution in [2.75, 3.05) is 13.2 Å². The SMILES string of the molecule is CCCCCCOC1O[C@H](CO)[C@@H](O)[C@H](O)C1=O. The van der Waals surface area contributed by atoms with E-state index in [1.807, 2.05) is 0 Å². The molecule has 0 aliphatic carbocycles. The average molecular weight is 262 g/mol. The monoisotopic (exact) mass is 262 g/mol. The maximum absolute atomic E-state index is 11.6. The summed E-state index contributed by atoms with van der Waals surface area (Å²) in [6.45, 7) is 1.98. The van der Waals surface area contributed by atoms with Crippen LogP contribution in [0.1, 0.15) is 32.6 Å². The summed E-state index contributed by atoms with van der Waals surface area (Å²) in [5, 5.41) is 27.9. The predicted octanol–water partition coefficient (Wildman–Crippen LogP) is -0.409. The van der Waals surface area contributed by atoms with Gasteiger partial charge in [0.1, 0.15) is 18.3 Å². The lowest BCUT2D eigenvalue weighted by Gasteiger charge is -2.34. The zero-order valence-corrected chi connectivity index (χ0v) is 10.6. The van der Waals surface area contributed by atoms with Gasteiger partial charge in [0.05, 0.1) is 13.2 Å².